The van der Waals surface area contributed by atoms with E-state index in [2.05, 4.69) is 99.0 Å². The first-order valence-corrected chi connectivity index (χ1v) is 10.7. The van der Waals surface area contributed by atoms with Gasteiger partial charge in [-0.15, -0.1) is 11.8 Å². The van der Waals surface area contributed by atoms with E-state index in [0.717, 1.165) is 32.6 Å². The molecule has 5 heteroatoms. The Hall–Kier alpha value is -2.11. The maximum atomic E-state index is 4.65. The highest BCUT2D eigenvalue weighted by Gasteiger charge is 2.18. The van der Waals surface area contributed by atoms with Gasteiger partial charge in [0.05, 0.1) is 5.39 Å². The first-order chi connectivity index (χ1) is 13.2. The molecule has 0 N–H and O–H groups in total. The van der Waals surface area contributed by atoms with Gasteiger partial charge in [0.25, 0.3) is 0 Å². The summed E-state index contributed by atoms with van der Waals surface area (Å²) in [5, 5.41) is 2.67. The van der Waals surface area contributed by atoms with Crippen molar-refractivity contribution >= 4 is 38.7 Å². The maximum Gasteiger partial charge on any atom is 0.149 e. The van der Waals surface area contributed by atoms with Crippen LogP contribution in [0.3, 0.4) is 0 Å². The topological polar surface area (TPSA) is 30.7 Å². The lowest BCUT2D eigenvalue weighted by atomic mass is 10.1. The lowest BCUT2D eigenvalue weighted by Crippen LogP contribution is -1.97. The second kappa shape index (κ2) is 7.87. The van der Waals surface area contributed by atoms with E-state index in [9.17, 15) is 0 Å². The average molecular weight is 438 g/mol. The molecule has 0 bridgehead atoms. The third-order valence-electron chi connectivity index (χ3n) is 4.63. The predicted octanol–water partition coefficient (Wildman–Crippen LogP) is 6.74. The van der Waals surface area contributed by atoms with Crippen LogP contribution in [-0.4, -0.2) is 19.8 Å². The van der Waals surface area contributed by atoms with Crippen LogP contribution >= 0.6 is 27.7 Å². The van der Waals surface area contributed by atoms with Gasteiger partial charge >= 0.3 is 0 Å². The van der Waals surface area contributed by atoms with Crippen molar-refractivity contribution in [3.8, 4) is 16.8 Å². The first kappa shape index (κ1) is 18.3. The van der Waals surface area contributed by atoms with Crippen LogP contribution in [0.5, 0.6) is 0 Å². The average Bonchev–Trinajstić information content (AvgIpc) is 3.10. The van der Waals surface area contributed by atoms with Gasteiger partial charge in [0, 0.05) is 27.2 Å². The van der Waals surface area contributed by atoms with Crippen LogP contribution in [0.4, 0.5) is 0 Å². The lowest BCUT2D eigenvalue weighted by molar-refractivity contribution is 0.901. The summed E-state index contributed by atoms with van der Waals surface area (Å²) in [4.78, 5) is 9.28. The van der Waals surface area contributed by atoms with Crippen LogP contribution in [-0.2, 0) is 0 Å². The monoisotopic (exact) mass is 437 g/mol. The van der Waals surface area contributed by atoms with Crippen molar-refractivity contribution < 1.29 is 0 Å². The van der Waals surface area contributed by atoms with E-state index in [-0.39, 0.29) is 0 Å². The van der Waals surface area contributed by atoms with Crippen molar-refractivity contribution in [3.05, 3.63) is 71.6 Å². The summed E-state index contributed by atoms with van der Waals surface area (Å²) < 4.78 is 3.22. The molecule has 0 aliphatic heterocycles. The quantitative estimate of drug-likeness (QED) is 0.255. The van der Waals surface area contributed by atoms with Gasteiger partial charge in [-0.3, -0.25) is 0 Å². The molecule has 3 nitrogen and oxygen atoms in total. The molecule has 0 saturated carbocycles. The molecule has 0 fully saturated rings. The van der Waals surface area contributed by atoms with Crippen LogP contribution in [0.1, 0.15) is 20.3 Å². The summed E-state index contributed by atoms with van der Waals surface area (Å²) in [6, 6.07) is 18.8. The zero-order valence-corrected chi connectivity index (χ0v) is 17.7. The number of aromatic nitrogens is 3. The fourth-order valence-electron chi connectivity index (χ4n) is 3.03. The Balaban J connectivity index is 1.98. The highest BCUT2D eigenvalue weighted by atomic mass is 79.9. The van der Waals surface area contributed by atoms with Crippen molar-refractivity contribution in [2.75, 3.05) is 0 Å². The van der Waals surface area contributed by atoms with E-state index >= 15 is 0 Å². The maximum absolute atomic E-state index is 4.65. The summed E-state index contributed by atoms with van der Waals surface area (Å²) in [5.41, 5.74) is 4.37. The second-order valence-electron chi connectivity index (χ2n) is 6.47. The highest BCUT2D eigenvalue weighted by molar-refractivity contribution is 9.10. The van der Waals surface area contributed by atoms with Gasteiger partial charge in [0.15, 0.2) is 0 Å². The molecule has 27 heavy (non-hydrogen) atoms. The molecule has 0 radical (unpaired) electrons. The molecule has 1 atom stereocenters. The minimum atomic E-state index is 0.503. The van der Waals surface area contributed by atoms with Gasteiger partial charge in [0.2, 0.25) is 0 Å². The van der Waals surface area contributed by atoms with Crippen LogP contribution in [0, 0.1) is 0 Å². The summed E-state index contributed by atoms with van der Waals surface area (Å²) in [5.74, 6) is 0. The molecular formula is C22H20BrN3S. The van der Waals surface area contributed by atoms with E-state index in [1.165, 1.54) is 11.1 Å². The van der Waals surface area contributed by atoms with E-state index < -0.39 is 0 Å². The Kier molecular flexibility index (Phi) is 5.32. The largest absolute Gasteiger partial charge is 0.301 e. The Labute approximate surface area is 172 Å². The van der Waals surface area contributed by atoms with E-state index in [1.54, 1.807) is 6.33 Å². The zero-order chi connectivity index (χ0) is 18.8. The molecule has 0 aliphatic carbocycles. The summed E-state index contributed by atoms with van der Waals surface area (Å²) in [6.07, 6.45) is 4.96. The predicted molar refractivity (Wildman–Crippen MR) is 118 cm³/mol. The first-order valence-electron chi connectivity index (χ1n) is 9.01. The van der Waals surface area contributed by atoms with E-state index in [4.69, 9.17) is 0 Å². The molecule has 136 valence electrons. The van der Waals surface area contributed by atoms with E-state index in [0.29, 0.717) is 5.25 Å². The number of fused-ring (bicyclic) bond motifs is 1. The van der Waals surface area contributed by atoms with Crippen molar-refractivity contribution in [1.29, 1.82) is 0 Å². The molecule has 4 aromatic rings. The smallest absolute Gasteiger partial charge is 0.149 e. The van der Waals surface area contributed by atoms with Gasteiger partial charge in [-0.25, -0.2) is 9.97 Å². The standard InChI is InChI=1S/C22H20BrN3S/c1-3-15(2)27-22-20-19(16-7-5-4-6-8-16)13-26(21(20)24-14-25-22)18-11-9-17(23)10-12-18/h4-15H,3H2,1-2H3/t15-/m1/s1. The van der Waals surface area contributed by atoms with Gasteiger partial charge in [-0.05, 0) is 36.2 Å². The fraction of sp³-hybridized carbons (Fsp3) is 0.182. The van der Waals surface area contributed by atoms with Crippen molar-refractivity contribution in [1.82, 2.24) is 14.5 Å². The van der Waals surface area contributed by atoms with Crippen LogP contribution in [0.2, 0.25) is 0 Å². The van der Waals surface area contributed by atoms with Gasteiger partial charge < -0.3 is 4.57 Å². The van der Waals surface area contributed by atoms with Crippen LogP contribution in [0.25, 0.3) is 27.8 Å². The number of halogens is 1. The summed E-state index contributed by atoms with van der Waals surface area (Å²) in [6.45, 7) is 4.45. The Morgan fingerprint density at radius 2 is 1.78 bits per heavy atom. The lowest BCUT2D eigenvalue weighted by Gasteiger charge is -2.10. The minimum absolute atomic E-state index is 0.503. The number of hydrogen-bond acceptors (Lipinski definition) is 3. The normalized spacial score (nSPS) is 12.4. The van der Waals surface area contributed by atoms with Crippen LogP contribution < -0.4 is 0 Å². The second-order valence-corrected chi connectivity index (χ2v) is 8.81. The number of rotatable bonds is 5. The van der Waals surface area contributed by atoms with Crippen molar-refractivity contribution in [2.24, 2.45) is 0 Å². The van der Waals surface area contributed by atoms with Crippen molar-refractivity contribution in [3.63, 3.8) is 0 Å². The van der Waals surface area contributed by atoms with Gasteiger partial charge in [-0.1, -0.05) is 60.1 Å². The molecule has 2 aromatic heterocycles. The number of thioether (sulfide) groups is 1. The molecule has 2 aromatic carbocycles. The zero-order valence-electron chi connectivity index (χ0n) is 15.3. The Morgan fingerprint density at radius 1 is 1.04 bits per heavy atom. The molecule has 0 amide bonds. The number of hydrogen-bond donors (Lipinski definition) is 0. The molecule has 0 unspecified atom stereocenters. The number of benzene rings is 2. The van der Waals surface area contributed by atoms with Gasteiger partial charge in [0.1, 0.15) is 17.0 Å². The van der Waals surface area contributed by atoms with Gasteiger partial charge in [-0.2, -0.15) is 0 Å². The molecule has 0 aliphatic rings. The van der Waals surface area contributed by atoms with Crippen molar-refractivity contribution in [2.45, 2.75) is 30.5 Å². The molecular weight excluding hydrogens is 418 g/mol. The third-order valence-corrected chi connectivity index (χ3v) is 6.42. The van der Waals surface area contributed by atoms with E-state index in [1.807, 2.05) is 17.8 Å². The Bertz CT molecular complexity index is 1060. The Morgan fingerprint density at radius 3 is 2.48 bits per heavy atom. The SMILES string of the molecule is CC[C@@H](C)Sc1ncnc2c1c(-c1ccccc1)cn2-c1ccc(Br)cc1. The molecule has 0 saturated heterocycles. The van der Waals surface area contributed by atoms with Crippen LogP contribution in [0.15, 0.2) is 76.6 Å². The molecule has 2 heterocycles. The fourth-order valence-corrected chi connectivity index (χ4v) is 4.27. The molecule has 4 rings (SSSR count). The highest BCUT2D eigenvalue weighted by Crippen LogP contribution is 2.38. The summed E-state index contributed by atoms with van der Waals surface area (Å²) in [7, 11) is 0. The molecule has 0 spiro atoms. The minimum Gasteiger partial charge on any atom is -0.301 e. The third kappa shape index (κ3) is 3.66. The number of nitrogens with zero attached hydrogens (tertiary/aromatic N) is 3. The summed E-state index contributed by atoms with van der Waals surface area (Å²) >= 11 is 5.34.